The highest BCUT2D eigenvalue weighted by Crippen LogP contribution is 2.10. The standard InChI is InChI=1S/C14H29N3O/c1-5-9-17(10-13-7-6-8-15-13)12(4)14(18)16-11(2)3/h11-13,15H,5-10H2,1-4H3,(H,16,18). The predicted octanol–water partition coefficient (Wildman–Crippen LogP) is 1.36. The van der Waals surface area contributed by atoms with E-state index in [0.717, 1.165) is 26.1 Å². The predicted molar refractivity (Wildman–Crippen MR) is 75.6 cm³/mol. The van der Waals surface area contributed by atoms with Gasteiger partial charge in [0.05, 0.1) is 6.04 Å². The number of hydrogen-bond acceptors (Lipinski definition) is 3. The largest absolute Gasteiger partial charge is 0.353 e. The van der Waals surface area contributed by atoms with Gasteiger partial charge in [-0.3, -0.25) is 9.69 Å². The Labute approximate surface area is 111 Å². The highest BCUT2D eigenvalue weighted by atomic mass is 16.2. The molecule has 1 amide bonds. The summed E-state index contributed by atoms with van der Waals surface area (Å²) in [5, 5.41) is 6.51. The Kier molecular flexibility index (Phi) is 6.65. The molecule has 4 heteroatoms. The van der Waals surface area contributed by atoms with E-state index in [1.54, 1.807) is 0 Å². The SMILES string of the molecule is CCCN(CC1CCCN1)C(C)C(=O)NC(C)C. The van der Waals surface area contributed by atoms with Crippen molar-refractivity contribution in [1.29, 1.82) is 0 Å². The lowest BCUT2D eigenvalue weighted by molar-refractivity contribution is -0.126. The molecule has 2 atom stereocenters. The molecular weight excluding hydrogens is 226 g/mol. The molecule has 2 N–H and O–H groups in total. The minimum Gasteiger partial charge on any atom is -0.353 e. The highest BCUT2D eigenvalue weighted by molar-refractivity contribution is 5.81. The van der Waals surface area contributed by atoms with Gasteiger partial charge >= 0.3 is 0 Å². The second-order valence-corrected chi connectivity index (χ2v) is 5.63. The van der Waals surface area contributed by atoms with Gasteiger partial charge in [-0.15, -0.1) is 0 Å². The van der Waals surface area contributed by atoms with Gasteiger partial charge in [-0.1, -0.05) is 6.92 Å². The first-order chi connectivity index (χ1) is 8.54. The number of nitrogens with one attached hydrogen (secondary N) is 2. The summed E-state index contributed by atoms with van der Waals surface area (Å²) < 4.78 is 0. The summed E-state index contributed by atoms with van der Waals surface area (Å²) >= 11 is 0. The van der Waals surface area contributed by atoms with E-state index in [2.05, 4.69) is 22.5 Å². The number of hydrogen-bond donors (Lipinski definition) is 2. The molecule has 0 aromatic heterocycles. The van der Waals surface area contributed by atoms with Gasteiger partial charge in [0.25, 0.3) is 0 Å². The Morgan fingerprint density at radius 2 is 2.17 bits per heavy atom. The van der Waals surface area contributed by atoms with Crippen molar-refractivity contribution in [2.45, 2.75) is 65.1 Å². The van der Waals surface area contributed by atoms with E-state index in [-0.39, 0.29) is 18.0 Å². The van der Waals surface area contributed by atoms with E-state index in [9.17, 15) is 4.79 Å². The zero-order valence-corrected chi connectivity index (χ0v) is 12.3. The molecule has 0 saturated carbocycles. The van der Waals surface area contributed by atoms with Crippen molar-refractivity contribution >= 4 is 5.91 Å². The number of rotatable bonds is 7. The van der Waals surface area contributed by atoms with Crippen LogP contribution in [-0.4, -0.2) is 48.6 Å². The molecule has 1 heterocycles. The van der Waals surface area contributed by atoms with Crippen molar-refractivity contribution in [1.82, 2.24) is 15.5 Å². The summed E-state index contributed by atoms with van der Waals surface area (Å²) in [6.45, 7) is 11.3. The van der Waals surface area contributed by atoms with Crippen LogP contribution in [0.2, 0.25) is 0 Å². The van der Waals surface area contributed by atoms with Crippen LogP contribution >= 0.6 is 0 Å². The Bertz CT molecular complexity index is 249. The summed E-state index contributed by atoms with van der Waals surface area (Å²) in [4.78, 5) is 14.4. The van der Waals surface area contributed by atoms with Gasteiger partial charge in [0.1, 0.15) is 0 Å². The van der Waals surface area contributed by atoms with E-state index in [4.69, 9.17) is 0 Å². The first-order valence-electron chi connectivity index (χ1n) is 7.32. The fourth-order valence-electron chi connectivity index (χ4n) is 2.50. The normalized spacial score (nSPS) is 21.6. The minimum atomic E-state index is -0.0326. The van der Waals surface area contributed by atoms with Crippen LogP contribution in [-0.2, 0) is 4.79 Å². The molecule has 2 unspecified atom stereocenters. The number of carbonyl (C=O) groups excluding carboxylic acids is 1. The number of nitrogens with zero attached hydrogens (tertiary/aromatic N) is 1. The lowest BCUT2D eigenvalue weighted by atomic mass is 10.1. The van der Waals surface area contributed by atoms with Crippen LogP contribution in [0.5, 0.6) is 0 Å². The number of amides is 1. The fourth-order valence-corrected chi connectivity index (χ4v) is 2.50. The van der Waals surface area contributed by atoms with Crippen LogP contribution in [0.1, 0.15) is 47.0 Å². The summed E-state index contributed by atoms with van der Waals surface area (Å²) in [5.41, 5.74) is 0. The summed E-state index contributed by atoms with van der Waals surface area (Å²) in [6.07, 6.45) is 3.59. The summed E-state index contributed by atoms with van der Waals surface area (Å²) in [5.74, 6) is 0.149. The van der Waals surface area contributed by atoms with Gasteiger partial charge in [0.15, 0.2) is 0 Å². The second-order valence-electron chi connectivity index (χ2n) is 5.63. The van der Waals surface area contributed by atoms with E-state index < -0.39 is 0 Å². The molecule has 18 heavy (non-hydrogen) atoms. The van der Waals surface area contributed by atoms with Crippen molar-refractivity contribution in [3.8, 4) is 0 Å². The van der Waals surface area contributed by atoms with Gasteiger partial charge in [-0.25, -0.2) is 0 Å². The average molecular weight is 255 g/mol. The molecule has 0 aliphatic carbocycles. The maximum absolute atomic E-state index is 12.1. The average Bonchev–Trinajstić information content (AvgIpc) is 2.79. The number of carbonyl (C=O) groups is 1. The van der Waals surface area contributed by atoms with Crippen LogP contribution < -0.4 is 10.6 Å². The smallest absolute Gasteiger partial charge is 0.237 e. The van der Waals surface area contributed by atoms with Gasteiger partial charge in [-0.2, -0.15) is 0 Å². The van der Waals surface area contributed by atoms with Crippen molar-refractivity contribution < 1.29 is 4.79 Å². The van der Waals surface area contributed by atoms with E-state index in [1.165, 1.54) is 12.8 Å². The maximum atomic E-state index is 12.1. The minimum absolute atomic E-state index is 0.0326. The van der Waals surface area contributed by atoms with Crippen LogP contribution in [0.3, 0.4) is 0 Å². The lowest BCUT2D eigenvalue weighted by Crippen LogP contribution is -2.50. The Morgan fingerprint density at radius 3 is 2.67 bits per heavy atom. The van der Waals surface area contributed by atoms with Crippen LogP contribution in [0.15, 0.2) is 0 Å². The third kappa shape index (κ3) is 4.94. The zero-order valence-electron chi connectivity index (χ0n) is 12.3. The topological polar surface area (TPSA) is 44.4 Å². The molecule has 106 valence electrons. The van der Waals surface area contributed by atoms with Gasteiger partial charge in [-0.05, 0) is 53.1 Å². The summed E-state index contributed by atoms with van der Waals surface area (Å²) in [7, 11) is 0. The summed E-state index contributed by atoms with van der Waals surface area (Å²) in [6, 6.07) is 0.744. The van der Waals surface area contributed by atoms with Gasteiger partial charge in [0.2, 0.25) is 5.91 Å². The second kappa shape index (κ2) is 7.74. The van der Waals surface area contributed by atoms with Crippen molar-refractivity contribution in [3.05, 3.63) is 0 Å². The first-order valence-corrected chi connectivity index (χ1v) is 7.32. The third-order valence-electron chi connectivity index (χ3n) is 3.49. The van der Waals surface area contributed by atoms with Crippen molar-refractivity contribution in [2.24, 2.45) is 0 Å². The molecule has 0 spiro atoms. The molecule has 1 fully saturated rings. The molecular formula is C14H29N3O. The quantitative estimate of drug-likeness (QED) is 0.722. The fraction of sp³-hybridized carbons (Fsp3) is 0.929. The highest BCUT2D eigenvalue weighted by Gasteiger charge is 2.25. The maximum Gasteiger partial charge on any atom is 0.237 e. The monoisotopic (exact) mass is 255 g/mol. The molecule has 1 aliphatic heterocycles. The lowest BCUT2D eigenvalue weighted by Gasteiger charge is -2.30. The van der Waals surface area contributed by atoms with E-state index in [1.807, 2.05) is 20.8 Å². The molecule has 1 aliphatic rings. The molecule has 1 saturated heterocycles. The van der Waals surface area contributed by atoms with Crippen LogP contribution in [0, 0.1) is 0 Å². The molecule has 1 rings (SSSR count). The van der Waals surface area contributed by atoms with Crippen LogP contribution in [0.4, 0.5) is 0 Å². The van der Waals surface area contributed by atoms with E-state index >= 15 is 0 Å². The van der Waals surface area contributed by atoms with E-state index in [0.29, 0.717) is 6.04 Å². The molecule has 0 aromatic carbocycles. The molecule has 0 aromatic rings. The molecule has 0 radical (unpaired) electrons. The third-order valence-corrected chi connectivity index (χ3v) is 3.49. The van der Waals surface area contributed by atoms with Crippen molar-refractivity contribution in [2.75, 3.05) is 19.6 Å². The van der Waals surface area contributed by atoms with Crippen molar-refractivity contribution in [3.63, 3.8) is 0 Å². The Balaban J connectivity index is 2.50. The first kappa shape index (κ1) is 15.4. The Morgan fingerprint density at radius 1 is 1.44 bits per heavy atom. The van der Waals surface area contributed by atoms with Crippen LogP contribution in [0.25, 0.3) is 0 Å². The Hall–Kier alpha value is -0.610. The van der Waals surface area contributed by atoms with Gasteiger partial charge in [0, 0.05) is 18.6 Å². The van der Waals surface area contributed by atoms with Gasteiger partial charge < -0.3 is 10.6 Å². The molecule has 4 nitrogen and oxygen atoms in total. The molecule has 0 bridgehead atoms. The zero-order chi connectivity index (χ0) is 13.5.